The van der Waals surface area contributed by atoms with Gasteiger partial charge in [-0.2, -0.15) is 5.10 Å². The molecule has 4 nitrogen and oxygen atoms in total. The third kappa shape index (κ3) is 1.83. The van der Waals surface area contributed by atoms with Gasteiger partial charge in [-0.15, -0.1) is 5.10 Å². The van der Waals surface area contributed by atoms with E-state index in [1.807, 2.05) is 30.3 Å². The topological polar surface area (TPSA) is 75.7 Å². The summed E-state index contributed by atoms with van der Waals surface area (Å²) in [5.74, 6) is -0.0676. The van der Waals surface area contributed by atoms with Crippen molar-refractivity contribution >= 4 is 5.84 Å². The van der Waals surface area contributed by atoms with E-state index in [1.54, 1.807) is 12.3 Å². The van der Waals surface area contributed by atoms with E-state index in [-0.39, 0.29) is 5.84 Å². The van der Waals surface area contributed by atoms with E-state index >= 15 is 0 Å². The number of benzene rings is 1. The molecule has 0 radical (unpaired) electrons. The van der Waals surface area contributed by atoms with Crippen LogP contribution in [0.4, 0.5) is 0 Å². The van der Waals surface area contributed by atoms with Crippen molar-refractivity contribution in [3.05, 3.63) is 48.3 Å². The van der Waals surface area contributed by atoms with Gasteiger partial charge in [-0.1, -0.05) is 30.3 Å². The molecule has 2 aromatic rings. The van der Waals surface area contributed by atoms with Gasteiger partial charge in [-0.05, 0) is 11.6 Å². The second kappa shape index (κ2) is 3.88. The first-order chi connectivity index (χ1) is 7.29. The number of nitrogens with two attached hydrogens (primary N) is 1. The van der Waals surface area contributed by atoms with Gasteiger partial charge in [-0.25, -0.2) is 0 Å². The van der Waals surface area contributed by atoms with Crippen LogP contribution in [0, 0.1) is 5.41 Å². The molecule has 0 amide bonds. The number of nitrogen functional groups attached to an aromatic ring is 1. The van der Waals surface area contributed by atoms with Gasteiger partial charge < -0.3 is 5.73 Å². The normalized spacial score (nSPS) is 9.87. The highest BCUT2D eigenvalue weighted by molar-refractivity contribution is 5.99. The summed E-state index contributed by atoms with van der Waals surface area (Å²) in [6.07, 6.45) is 1.59. The number of hydrogen-bond acceptors (Lipinski definition) is 3. The van der Waals surface area contributed by atoms with Crippen LogP contribution in [0.1, 0.15) is 5.69 Å². The lowest BCUT2D eigenvalue weighted by Gasteiger charge is -2.05. The van der Waals surface area contributed by atoms with Crippen LogP contribution in [-0.4, -0.2) is 16.0 Å². The van der Waals surface area contributed by atoms with Gasteiger partial charge in [0.1, 0.15) is 11.5 Å². The molecule has 74 valence electrons. The van der Waals surface area contributed by atoms with Crippen molar-refractivity contribution in [3.63, 3.8) is 0 Å². The van der Waals surface area contributed by atoms with Crippen LogP contribution >= 0.6 is 0 Å². The zero-order valence-corrected chi connectivity index (χ0v) is 8.01. The third-order valence-corrected chi connectivity index (χ3v) is 2.06. The molecule has 0 fully saturated rings. The van der Waals surface area contributed by atoms with Crippen LogP contribution in [-0.2, 0) is 0 Å². The molecule has 1 aromatic carbocycles. The highest BCUT2D eigenvalue weighted by Crippen LogP contribution is 2.20. The van der Waals surface area contributed by atoms with E-state index in [1.165, 1.54) is 0 Å². The van der Waals surface area contributed by atoms with Crippen molar-refractivity contribution in [1.82, 2.24) is 10.2 Å². The van der Waals surface area contributed by atoms with Crippen LogP contribution in [0.2, 0.25) is 0 Å². The van der Waals surface area contributed by atoms with Gasteiger partial charge in [0.25, 0.3) is 0 Å². The Bertz CT molecular complexity index is 479. The monoisotopic (exact) mass is 198 g/mol. The Labute approximate surface area is 87.3 Å². The van der Waals surface area contributed by atoms with Gasteiger partial charge in [0, 0.05) is 5.56 Å². The molecule has 0 saturated carbocycles. The second-order valence-electron chi connectivity index (χ2n) is 3.07. The SMILES string of the molecule is N=C(N)c1nnccc1-c1ccccc1. The highest BCUT2D eigenvalue weighted by atomic mass is 15.1. The molecule has 1 aromatic heterocycles. The predicted octanol–water partition coefficient (Wildman–Crippen LogP) is 1.43. The lowest BCUT2D eigenvalue weighted by Crippen LogP contribution is -2.15. The van der Waals surface area contributed by atoms with Gasteiger partial charge in [0.15, 0.2) is 0 Å². The van der Waals surface area contributed by atoms with Gasteiger partial charge in [0.2, 0.25) is 0 Å². The van der Waals surface area contributed by atoms with E-state index in [9.17, 15) is 0 Å². The molecular weight excluding hydrogens is 188 g/mol. The summed E-state index contributed by atoms with van der Waals surface area (Å²) in [4.78, 5) is 0. The summed E-state index contributed by atoms with van der Waals surface area (Å²) < 4.78 is 0. The van der Waals surface area contributed by atoms with Crippen LogP contribution in [0.15, 0.2) is 42.6 Å². The van der Waals surface area contributed by atoms with Crippen molar-refractivity contribution in [2.75, 3.05) is 0 Å². The van der Waals surface area contributed by atoms with Crippen molar-refractivity contribution in [2.45, 2.75) is 0 Å². The zero-order valence-electron chi connectivity index (χ0n) is 8.01. The van der Waals surface area contributed by atoms with E-state index in [4.69, 9.17) is 11.1 Å². The number of nitrogens with zero attached hydrogens (tertiary/aromatic N) is 2. The largest absolute Gasteiger partial charge is 0.382 e. The smallest absolute Gasteiger partial charge is 0.144 e. The van der Waals surface area contributed by atoms with E-state index in [0.717, 1.165) is 11.1 Å². The molecule has 2 rings (SSSR count). The number of rotatable bonds is 2. The minimum absolute atomic E-state index is 0.0676. The molecule has 0 aliphatic heterocycles. The minimum atomic E-state index is -0.0676. The molecule has 0 saturated heterocycles. The molecule has 4 heteroatoms. The molecule has 0 bridgehead atoms. The van der Waals surface area contributed by atoms with Crippen LogP contribution in [0.5, 0.6) is 0 Å². The van der Waals surface area contributed by atoms with Crippen LogP contribution in [0.25, 0.3) is 11.1 Å². The molecule has 0 aliphatic carbocycles. The summed E-state index contributed by atoms with van der Waals surface area (Å²) in [7, 11) is 0. The predicted molar refractivity (Wildman–Crippen MR) is 58.5 cm³/mol. The zero-order chi connectivity index (χ0) is 10.7. The molecule has 0 atom stereocenters. The Morgan fingerprint density at radius 2 is 1.87 bits per heavy atom. The van der Waals surface area contributed by atoms with Crippen LogP contribution in [0.3, 0.4) is 0 Å². The van der Waals surface area contributed by atoms with Gasteiger partial charge in [0.05, 0.1) is 6.20 Å². The van der Waals surface area contributed by atoms with Crippen LogP contribution < -0.4 is 5.73 Å². The summed E-state index contributed by atoms with van der Waals surface area (Å²) in [5, 5.41) is 15.0. The first-order valence-electron chi connectivity index (χ1n) is 4.50. The Morgan fingerprint density at radius 1 is 1.13 bits per heavy atom. The number of nitrogens with one attached hydrogen (secondary N) is 1. The molecule has 3 N–H and O–H groups in total. The number of amidine groups is 1. The van der Waals surface area contributed by atoms with E-state index in [0.29, 0.717) is 5.69 Å². The van der Waals surface area contributed by atoms with Gasteiger partial charge >= 0.3 is 0 Å². The van der Waals surface area contributed by atoms with Crippen molar-refractivity contribution < 1.29 is 0 Å². The summed E-state index contributed by atoms with van der Waals surface area (Å²) >= 11 is 0. The Morgan fingerprint density at radius 3 is 2.53 bits per heavy atom. The summed E-state index contributed by atoms with van der Waals surface area (Å²) in [5.41, 5.74) is 7.67. The Kier molecular flexibility index (Phi) is 2.41. The molecule has 0 unspecified atom stereocenters. The van der Waals surface area contributed by atoms with Crippen molar-refractivity contribution in [1.29, 1.82) is 5.41 Å². The lowest BCUT2D eigenvalue weighted by molar-refractivity contribution is 1.01. The summed E-state index contributed by atoms with van der Waals surface area (Å²) in [6.45, 7) is 0. The van der Waals surface area contributed by atoms with E-state index in [2.05, 4.69) is 10.2 Å². The standard InChI is InChI=1S/C11H10N4/c12-11(13)10-9(6-7-14-15-10)8-4-2-1-3-5-8/h1-7H,(H3,12,13). The number of hydrogen-bond donors (Lipinski definition) is 2. The Hall–Kier alpha value is -2.23. The first kappa shape index (κ1) is 9.33. The fourth-order valence-corrected chi connectivity index (χ4v) is 1.38. The molecule has 0 spiro atoms. The molecule has 15 heavy (non-hydrogen) atoms. The fourth-order valence-electron chi connectivity index (χ4n) is 1.38. The quantitative estimate of drug-likeness (QED) is 0.566. The highest BCUT2D eigenvalue weighted by Gasteiger charge is 2.08. The average Bonchev–Trinajstić information content (AvgIpc) is 2.30. The van der Waals surface area contributed by atoms with Crippen molar-refractivity contribution in [3.8, 4) is 11.1 Å². The second-order valence-corrected chi connectivity index (χ2v) is 3.07. The van der Waals surface area contributed by atoms with Crippen molar-refractivity contribution in [2.24, 2.45) is 5.73 Å². The minimum Gasteiger partial charge on any atom is -0.382 e. The third-order valence-electron chi connectivity index (χ3n) is 2.06. The molecule has 1 heterocycles. The van der Waals surface area contributed by atoms with Gasteiger partial charge in [-0.3, -0.25) is 5.41 Å². The Balaban J connectivity index is 2.58. The number of aromatic nitrogens is 2. The molecular formula is C11H10N4. The maximum absolute atomic E-state index is 7.40. The maximum Gasteiger partial charge on any atom is 0.144 e. The average molecular weight is 198 g/mol. The fraction of sp³-hybridized carbons (Fsp3) is 0. The first-order valence-corrected chi connectivity index (χ1v) is 4.50. The lowest BCUT2D eigenvalue weighted by atomic mass is 10.0. The molecule has 0 aliphatic rings. The van der Waals surface area contributed by atoms with E-state index < -0.39 is 0 Å². The summed E-state index contributed by atoms with van der Waals surface area (Å²) in [6, 6.07) is 11.5. The maximum atomic E-state index is 7.40.